The van der Waals surface area contributed by atoms with Crippen LogP contribution in [0, 0.1) is 0 Å². The zero-order valence-corrected chi connectivity index (χ0v) is 16.9. The van der Waals surface area contributed by atoms with Crippen LogP contribution in [0.15, 0.2) is 64.5 Å². The minimum Gasteiger partial charge on any atom is -0.463 e. The molecule has 0 spiro atoms. The molecule has 26 heavy (non-hydrogen) atoms. The number of carbonyl (C=O) groups excluding carboxylic acids is 1. The van der Waals surface area contributed by atoms with Crippen molar-refractivity contribution < 1.29 is 13.9 Å². The molecular weight excluding hydrogens is 421 g/mol. The molecule has 2 heterocycles. The Labute approximate surface area is 164 Å². The van der Waals surface area contributed by atoms with E-state index in [0.29, 0.717) is 33.0 Å². The fraction of sp³-hybridized carbons (Fsp3) is 0.278. The van der Waals surface area contributed by atoms with Gasteiger partial charge in [-0.15, -0.1) is 11.3 Å². The molecule has 5 nitrogen and oxygen atoms in total. The maximum absolute atomic E-state index is 13.1. The van der Waals surface area contributed by atoms with E-state index < -0.39 is 17.3 Å². The van der Waals surface area contributed by atoms with E-state index in [0.717, 1.165) is 0 Å². The van der Waals surface area contributed by atoms with E-state index >= 15 is 0 Å². The number of alkyl halides is 1. The van der Waals surface area contributed by atoms with Gasteiger partial charge in [-0.05, 0) is 25.5 Å². The number of nitrogens with zero attached hydrogens (tertiary/aromatic N) is 2. The Balaban J connectivity index is 2.61. The van der Waals surface area contributed by atoms with Crippen molar-refractivity contribution in [3.63, 3.8) is 0 Å². The maximum Gasteiger partial charge on any atom is 0.338 e. The quantitative estimate of drug-likeness (QED) is 0.395. The minimum absolute atomic E-state index is 0.223. The molecule has 1 atom stereocenters. The number of nitrogens with one attached hydrogen (secondary N) is 1. The summed E-state index contributed by atoms with van der Waals surface area (Å²) in [6.07, 6.45) is 4.31. The molecule has 0 saturated carbocycles. The number of carbonyl (C=O) groups is 1. The molecule has 2 rings (SSSR count). The molecule has 0 fully saturated rings. The Bertz CT molecular complexity index is 814. The SMILES string of the molecule is C=C(F)/C=C\C(=C)C1(C)N=C(c2nccs2)NC(CBr)=C1C(=O)OCC. The second-order valence-electron chi connectivity index (χ2n) is 5.51. The van der Waals surface area contributed by atoms with Crippen LogP contribution in [0.25, 0.3) is 0 Å². The normalized spacial score (nSPS) is 19.9. The number of aliphatic imine (C=N–C) groups is 1. The summed E-state index contributed by atoms with van der Waals surface area (Å²) in [5.41, 5.74) is 0.192. The zero-order valence-electron chi connectivity index (χ0n) is 14.5. The van der Waals surface area contributed by atoms with Gasteiger partial charge in [0.15, 0.2) is 10.8 Å². The predicted octanol–water partition coefficient (Wildman–Crippen LogP) is 4.06. The molecule has 0 aliphatic carbocycles. The number of ether oxygens (including phenoxy) is 1. The van der Waals surface area contributed by atoms with Crippen molar-refractivity contribution in [2.45, 2.75) is 19.4 Å². The van der Waals surface area contributed by atoms with Crippen LogP contribution < -0.4 is 5.32 Å². The molecular formula is C18H19BrFN3O2S. The Morgan fingerprint density at radius 2 is 2.23 bits per heavy atom. The fourth-order valence-electron chi connectivity index (χ4n) is 2.46. The lowest BCUT2D eigenvalue weighted by Gasteiger charge is -2.34. The van der Waals surface area contributed by atoms with Gasteiger partial charge in [0.25, 0.3) is 0 Å². The third-order valence-corrected chi connectivity index (χ3v) is 5.07. The zero-order chi connectivity index (χ0) is 19.3. The number of esters is 1. The summed E-state index contributed by atoms with van der Waals surface area (Å²) in [4.78, 5) is 21.6. The standard InChI is InChI=1S/C18H19BrFN3O2S/c1-5-25-17(24)14-13(10-19)22-15(16-21-8-9-26-16)23-18(14,4)11(2)6-7-12(3)20/h6-9H,2-3,5,10H2,1,4H3,(H,22,23)/b7-6-. The summed E-state index contributed by atoms with van der Waals surface area (Å²) in [6.45, 7) is 10.9. The van der Waals surface area contributed by atoms with Crippen LogP contribution in [0.4, 0.5) is 4.39 Å². The highest BCUT2D eigenvalue weighted by Crippen LogP contribution is 2.36. The van der Waals surface area contributed by atoms with Gasteiger partial charge in [0, 0.05) is 22.6 Å². The minimum atomic E-state index is -1.15. The van der Waals surface area contributed by atoms with Crippen molar-refractivity contribution >= 4 is 39.1 Å². The number of thiazole rings is 1. The van der Waals surface area contributed by atoms with Crippen LogP contribution in [0.3, 0.4) is 0 Å². The largest absolute Gasteiger partial charge is 0.463 e. The van der Waals surface area contributed by atoms with Crippen molar-refractivity contribution in [1.29, 1.82) is 0 Å². The van der Waals surface area contributed by atoms with Crippen molar-refractivity contribution in [2.75, 3.05) is 11.9 Å². The molecule has 0 radical (unpaired) electrons. The number of rotatable bonds is 7. The van der Waals surface area contributed by atoms with Gasteiger partial charge in [0.05, 0.1) is 12.2 Å². The first-order chi connectivity index (χ1) is 12.3. The predicted molar refractivity (Wildman–Crippen MR) is 106 cm³/mol. The average molecular weight is 440 g/mol. The van der Waals surface area contributed by atoms with Crippen LogP contribution in [-0.4, -0.2) is 34.3 Å². The van der Waals surface area contributed by atoms with Crippen LogP contribution >= 0.6 is 27.3 Å². The molecule has 0 saturated heterocycles. The second-order valence-corrected chi connectivity index (χ2v) is 6.96. The van der Waals surface area contributed by atoms with Gasteiger partial charge in [0.2, 0.25) is 0 Å². The lowest BCUT2D eigenvalue weighted by molar-refractivity contribution is -0.139. The Morgan fingerprint density at radius 1 is 1.50 bits per heavy atom. The molecule has 1 aliphatic rings. The molecule has 1 aliphatic heterocycles. The summed E-state index contributed by atoms with van der Waals surface area (Å²) in [7, 11) is 0. The van der Waals surface area contributed by atoms with E-state index in [1.54, 1.807) is 20.0 Å². The Morgan fingerprint density at radius 3 is 2.77 bits per heavy atom. The molecule has 0 aromatic carbocycles. The first kappa shape index (κ1) is 20.3. The number of halogens is 2. The molecule has 1 aromatic heterocycles. The molecule has 1 unspecified atom stereocenters. The van der Waals surface area contributed by atoms with Gasteiger partial charge in [-0.25, -0.2) is 19.2 Å². The first-order valence-corrected chi connectivity index (χ1v) is 9.78. The third kappa shape index (κ3) is 4.19. The highest BCUT2D eigenvalue weighted by atomic mass is 79.9. The highest BCUT2D eigenvalue weighted by molar-refractivity contribution is 9.09. The van der Waals surface area contributed by atoms with Crippen LogP contribution in [0.2, 0.25) is 0 Å². The van der Waals surface area contributed by atoms with E-state index in [1.807, 2.05) is 5.38 Å². The number of hydrogen-bond donors (Lipinski definition) is 1. The van der Waals surface area contributed by atoms with Crippen molar-refractivity contribution in [1.82, 2.24) is 10.3 Å². The van der Waals surface area contributed by atoms with E-state index in [9.17, 15) is 9.18 Å². The van der Waals surface area contributed by atoms with Crippen molar-refractivity contribution in [3.8, 4) is 0 Å². The van der Waals surface area contributed by atoms with Crippen molar-refractivity contribution in [2.24, 2.45) is 4.99 Å². The lowest BCUT2D eigenvalue weighted by atomic mass is 9.82. The maximum atomic E-state index is 13.1. The molecule has 138 valence electrons. The fourth-order valence-corrected chi connectivity index (χ4v) is 3.46. The van der Waals surface area contributed by atoms with Crippen molar-refractivity contribution in [3.05, 3.63) is 64.6 Å². The molecule has 0 bridgehead atoms. The Hall–Kier alpha value is -2.06. The number of amidine groups is 1. The van der Waals surface area contributed by atoms with Gasteiger partial charge in [-0.2, -0.15) is 0 Å². The highest BCUT2D eigenvalue weighted by Gasteiger charge is 2.42. The van der Waals surface area contributed by atoms with E-state index in [-0.39, 0.29) is 6.61 Å². The first-order valence-electron chi connectivity index (χ1n) is 7.78. The summed E-state index contributed by atoms with van der Waals surface area (Å²) < 4.78 is 18.3. The third-order valence-electron chi connectivity index (χ3n) is 3.73. The van der Waals surface area contributed by atoms with Crippen LogP contribution in [0.1, 0.15) is 18.9 Å². The summed E-state index contributed by atoms with van der Waals surface area (Å²) in [5.74, 6) is -0.610. The molecule has 8 heteroatoms. The summed E-state index contributed by atoms with van der Waals surface area (Å²) in [5, 5.41) is 6.01. The van der Waals surface area contributed by atoms with Gasteiger partial charge in [0.1, 0.15) is 11.4 Å². The summed E-state index contributed by atoms with van der Waals surface area (Å²) >= 11 is 4.81. The van der Waals surface area contributed by atoms with Gasteiger partial charge in [-0.3, -0.25) is 0 Å². The van der Waals surface area contributed by atoms with Gasteiger partial charge >= 0.3 is 5.97 Å². The summed E-state index contributed by atoms with van der Waals surface area (Å²) in [6, 6.07) is 0. The van der Waals surface area contributed by atoms with Crippen LogP contribution in [0.5, 0.6) is 0 Å². The Kier molecular flexibility index (Phi) is 6.66. The molecule has 1 N–H and O–H groups in total. The molecule has 0 amide bonds. The number of allylic oxidation sites excluding steroid dienone is 3. The monoisotopic (exact) mass is 439 g/mol. The second kappa shape index (κ2) is 8.55. The number of aromatic nitrogens is 1. The average Bonchev–Trinajstić information content (AvgIpc) is 3.13. The topological polar surface area (TPSA) is 63.6 Å². The molecule has 1 aromatic rings. The van der Waals surface area contributed by atoms with E-state index in [1.165, 1.54) is 23.5 Å². The van der Waals surface area contributed by atoms with Gasteiger partial charge in [-0.1, -0.05) is 35.2 Å². The van der Waals surface area contributed by atoms with Crippen LogP contribution in [-0.2, 0) is 9.53 Å². The van der Waals surface area contributed by atoms with Gasteiger partial charge < -0.3 is 10.1 Å². The lowest BCUT2D eigenvalue weighted by Crippen LogP contribution is -2.44. The van der Waals surface area contributed by atoms with E-state index in [4.69, 9.17) is 4.74 Å². The van der Waals surface area contributed by atoms with E-state index in [2.05, 4.69) is 44.4 Å². The smallest absolute Gasteiger partial charge is 0.338 e. The number of hydrogen-bond acceptors (Lipinski definition) is 6.